The Labute approximate surface area is 138 Å². The second-order valence-corrected chi connectivity index (χ2v) is 7.09. The molecule has 3 nitrogen and oxygen atoms in total. The number of fused-ring (bicyclic) bond motifs is 4. The van der Waals surface area contributed by atoms with Crippen molar-refractivity contribution in [2.45, 2.75) is 18.9 Å². The number of benzene rings is 1. The van der Waals surface area contributed by atoms with Crippen LogP contribution in [0.15, 0.2) is 24.3 Å². The van der Waals surface area contributed by atoms with Crippen LogP contribution >= 0.6 is 23.7 Å². The van der Waals surface area contributed by atoms with Gasteiger partial charge in [-0.15, -0.1) is 23.7 Å². The number of hydrogen-bond donors (Lipinski definition) is 1. The van der Waals surface area contributed by atoms with Gasteiger partial charge in [0, 0.05) is 17.3 Å². The lowest BCUT2D eigenvalue weighted by molar-refractivity contribution is 0.0622. The van der Waals surface area contributed by atoms with Crippen molar-refractivity contribution in [3.05, 3.63) is 35.0 Å². The minimum atomic E-state index is -0.256. The quantitative estimate of drug-likeness (QED) is 0.910. The van der Waals surface area contributed by atoms with Gasteiger partial charge in [-0.2, -0.15) is 0 Å². The number of nitrogens with one attached hydrogen (secondary N) is 1. The first-order valence-corrected chi connectivity index (χ1v) is 8.23. The average Bonchev–Trinajstić information content (AvgIpc) is 2.91. The minimum Gasteiger partial charge on any atom is -0.347 e. The molecule has 0 unspecified atom stereocenters. The van der Waals surface area contributed by atoms with E-state index in [4.69, 9.17) is 0 Å². The van der Waals surface area contributed by atoms with Crippen LogP contribution in [0.25, 0.3) is 10.1 Å². The molecule has 1 aromatic carbocycles. The van der Waals surface area contributed by atoms with Crippen LogP contribution in [0.4, 0.5) is 4.39 Å². The first kappa shape index (κ1) is 15.7. The van der Waals surface area contributed by atoms with Crippen LogP contribution in [0.2, 0.25) is 0 Å². The molecule has 3 saturated heterocycles. The highest BCUT2D eigenvalue weighted by atomic mass is 35.5. The SMILES string of the molecule is Cl.O=C(N[C@H]1CN2CCC1CC2)c1cc2ccc(F)cc2s1. The third-order valence-corrected chi connectivity index (χ3v) is 5.78. The standard InChI is InChI=1S/C16H17FN2OS.ClH/c17-12-2-1-11-7-15(21-14(11)8-12)16(20)18-13-9-19-5-3-10(13)4-6-19;/h1-2,7-8,10,13H,3-6,9H2,(H,18,20);1H/t13-;/m0./s1. The van der Waals surface area contributed by atoms with E-state index in [2.05, 4.69) is 10.2 Å². The zero-order valence-electron chi connectivity index (χ0n) is 12.0. The van der Waals surface area contributed by atoms with Gasteiger partial charge in [0.2, 0.25) is 0 Å². The van der Waals surface area contributed by atoms with Crippen LogP contribution in [0.5, 0.6) is 0 Å². The number of amides is 1. The van der Waals surface area contributed by atoms with Gasteiger partial charge in [0.15, 0.2) is 0 Å². The molecule has 1 atom stereocenters. The van der Waals surface area contributed by atoms with E-state index in [-0.39, 0.29) is 30.2 Å². The summed E-state index contributed by atoms with van der Waals surface area (Å²) >= 11 is 1.36. The van der Waals surface area contributed by atoms with Crippen molar-refractivity contribution in [1.29, 1.82) is 0 Å². The summed E-state index contributed by atoms with van der Waals surface area (Å²) in [5, 5.41) is 4.11. The Morgan fingerprint density at radius 2 is 2.05 bits per heavy atom. The van der Waals surface area contributed by atoms with Crippen LogP contribution in [-0.4, -0.2) is 36.5 Å². The van der Waals surface area contributed by atoms with Crippen LogP contribution < -0.4 is 5.32 Å². The Morgan fingerprint density at radius 3 is 2.73 bits per heavy atom. The predicted molar refractivity (Wildman–Crippen MR) is 89.4 cm³/mol. The fourth-order valence-electron chi connectivity index (χ4n) is 3.49. The molecule has 0 aliphatic carbocycles. The van der Waals surface area contributed by atoms with Crippen molar-refractivity contribution >= 4 is 39.7 Å². The molecule has 1 N–H and O–H groups in total. The van der Waals surface area contributed by atoms with Gasteiger partial charge in [0.05, 0.1) is 4.88 Å². The van der Waals surface area contributed by atoms with Crippen molar-refractivity contribution < 1.29 is 9.18 Å². The van der Waals surface area contributed by atoms with Gasteiger partial charge < -0.3 is 10.2 Å². The Bertz CT molecular complexity index is 697. The largest absolute Gasteiger partial charge is 0.347 e. The number of hydrogen-bond acceptors (Lipinski definition) is 3. The van der Waals surface area contributed by atoms with E-state index in [1.54, 1.807) is 6.07 Å². The minimum absolute atomic E-state index is 0. The summed E-state index contributed by atoms with van der Waals surface area (Å²) in [5.41, 5.74) is 0. The van der Waals surface area contributed by atoms with E-state index in [1.807, 2.05) is 6.07 Å². The third kappa shape index (κ3) is 2.85. The summed E-state index contributed by atoms with van der Waals surface area (Å²) in [5.74, 6) is 0.342. The molecular formula is C16H18ClFN2OS. The first-order valence-electron chi connectivity index (χ1n) is 7.41. The number of thiophene rings is 1. The zero-order chi connectivity index (χ0) is 14.4. The van der Waals surface area contributed by atoms with E-state index >= 15 is 0 Å². The maximum absolute atomic E-state index is 13.2. The molecule has 0 radical (unpaired) electrons. The first-order chi connectivity index (χ1) is 10.2. The van der Waals surface area contributed by atoms with E-state index in [0.717, 1.165) is 16.6 Å². The van der Waals surface area contributed by atoms with Gasteiger partial charge in [-0.25, -0.2) is 4.39 Å². The molecule has 0 spiro atoms. The molecule has 2 bridgehead atoms. The summed E-state index contributed by atoms with van der Waals surface area (Å²) < 4.78 is 14.1. The number of carbonyl (C=O) groups is 1. The highest BCUT2D eigenvalue weighted by molar-refractivity contribution is 7.20. The zero-order valence-corrected chi connectivity index (χ0v) is 13.7. The number of rotatable bonds is 2. The van der Waals surface area contributed by atoms with E-state index in [9.17, 15) is 9.18 Å². The van der Waals surface area contributed by atoms with Gasteiger partial charge in [0.1, 0.15) is 5.82 Å². The topological polar surface area (TPSA) is 32.3 Å². The van der Waals surface area contributed by atoms with Crippen molar-refractivity contribution in [1.82, 2.24) is 10.2 Å². The fraction of sp³-hybridized carbons (Fsp3) is 0.438. The van der Waals surface area contributed by atoms with E-state index < -0.39 is 0 Å². The molecule has 4 heterocycles. The number of piperidine rings is 3. The van der Waals surface area contributed by atoms with Crippen LogP contribution in [-0.2, 0) is 0 Å². The molecule has 1 amide bonds. The van der Waals surface area contributed by atoms with Gasteiger partial charge in [-0.1, -0.05) is 6.07 Å². The Balaban J connectivity index is 0.00000144. The van der Waals surface area contributed by atoms with Gasteiger partial charge in [-0.05, 0) is 55.4 Å². The average molecular weight is 341 g/mol. The second-order valence-electron chi connectivity index (χ2n) is 6.01. The monoisotopic (exact) mass is 340 g/mol. The van der Waals surface area contributed by atoms with Gasteiger partial charge >= 0.3 is 0 Å². The van der Waals surface area contributed by atoms with Crippen LogP contribution in [0, 0.1) is 11.7 Å². The van der Waals surface area contributed by atoms with E-state index in [0.29, 0.717) is 10.8 Å². The summed E-state index contributed by atoms with van der Waals surface area (Å²) in [6.45, 7) is 3.30. The van der Waals surface area contributed by atoms with Crippen molar-refractivity contribution in [3.63, 3.8) is 0 Å². The molecule has 6 heteroatoms. The van der Waals surface area contributed by atoms with Crippen molar-refractivity contribution in [3.8, 4) is 0 Å². The molecular weight excluding hydrogens is 323 g/mol. The molecule has 5 rings (SSSR count). The molecule has 22 heavy (non-hydrogen) atoms. The molecule has 3 aliphatic rings. The summed E-state index contributed by atoms with van der Waals surface area (Å²) in [7, 11) is 0. The lowest BCUT2D eigenvalue weighted by Crippen LogP contribution is -2.57. The Hall–Kier alpha value is -1.17. The number of halogens is 2. The van der Waals surface area contributed by atoms with Crippen molar-refractivity contribution in [2.75, 3.05) is 19.6 Å². The Kier molecular flexibility index (Phi) is 4.39. The molecule has 118 valence electrons. The normalized spacial score (nSPS) is 26.7. The third-order valence-electron chi connectivity index (χ3n) is 4.68. The highest BCUT2D eigenvalue weighted by Crippen LogP contribution is 2.29. The molecule has 1 aromatic heterocycles. The van der Waals surface area contributed by atoms with Gasteiger partial charge in [0.25, 0.3) is 5.91 Å². The summed E-state index contributed by atoms with van der Waals surface area (Å²) in [4.78, 5) is 15.5. The number of nitrogens with zero attached hydrogens (tertiary/aromatic N) is 1. The lowest BCUT2D eigenvalue weighted by atomic mass is 9.84. The summed E-state index contributed by atoms with van der Waals surface area (Å²) in [6, 6.07) is 6.78. The molecule has 0 saturated carbocycles. The van der Waals surface area contributed by atoms with Crippen LogP contribution in [0.1, 0.15) is 22.5 Å². The maximum atomic E-state index is 13.2. The second kappa shape index (κ2) is 6.14. The Morgan fingerprint density at radius 1 is 1.27 bits per heavy atom. The molecule has 2 aromatic rings. The smallest absolute Gasteiger partial charge is 0.261 e. The van der Waals surface area contributed by atoms with Crippen molar-refractivity contribution in [2.24, 2.45) is 5.92 Å². The maximum Gasteiger partial charge on any atom is 0.261 e. The molecule has 3 fully saturated rings. The van der Waals surface area contributed by atoms with Crippen LogP contribution in [0.3, 0.4) is 0 Å². The highest BCUT2D eigenvalue weighted by Gasteiger charge is 2.35. The summed E-state index contributed by atoms with van der Waals surface area (Å²) in [6.07, 6.45) is 2.37. The fourth-order valence-corrected chi connectivity index (χ4v) is 4.48. The number of carbonyl (C=O) groups excluding carboxylic acids is 1. The lowest BCUT2D eigenvalue weighted by Gasteiger charge is -2.44. The predicted octanol–water partition coefficient (Wildman–Crippen LogP) is 3.29. The van der Waals surface area contributed by atoms with E-state index in [1.165, 1.54) is 49.4 Å². The van der Waals surface area contributed by atoms with Gasteiger partial charge in [-0.3, -0.25) is 4.79 Å². The molecule has 3 aliphatic heterocycles.